The molecule has 1 aromatic heterocycles. The summed E-state index contributed by atoms with van der Waals surface area (Å²) in [6.07, 6.45) is 1.18. The number of carbonyl (C=O) groups is 2. The molecule has 1 aliphatic rings. The highest BCUT2D eigenvalue weighted by molar-refractivity contribution is 7.16. The van der Waals surface area contributed by atoms with Crippen LogP contribution < -0.4 is 4.80 Å². The number of amides is 1. The summed E-state index contributed by atoms with van der Waals surface area (Å²) >= 11 is 1.11. The average molecular weight is 379 g/mol. The van der Waals surface area contributed by atoms with E-state index in [1.54, 1.807) is 0 Å². The highest BCUT2D eigenvalue weighted by atomic mass is 32.1. The maximum Gasteiger partial charge on any atom is 0.325 e. The molecule has 2 aromatic rings. The number of rotatable bonds is 4. The number of ether oxygens (including phenoxy) is 3. The van der Waals surface area contributed by atoms with E-state index in [0.29, 0.717) is 16.8 Å². The van der Waals surface area contributed by atoms with E-state index < -0.39 is 16.8 Å². The van der Waals surface area contributed by atoms with E-state index in [-0.39, 0.29) is 29.4 Å². The summed E-state index contributed by atoms with van der Waals surface area (Å²) in [6, 6.07) is 4.19. The van der Waals surface area contributed by atoms with E-state index in [1.807, 2.05) is 0 Å². The first kappa shape index (κ1) is 17.6. The molecule has 0 atom stereocenters. The van der Waals surface area contributed by atoms with Crippen molar-refractivity contribution in [1.29, 1.82) is 0 Å². The van der Waals surface area contributed by atoms with Crippen molar-refractivity contribution in [2.75, 3.05) is 20.3 Å². The van der Waals surface area contributed by atoms with Crippen LogP contribution in [0.1, 0.15) is 0 Å². The molecular formula is C15H13N3O7S. The lowest BCUT2D eigenvalue weighted by molar-refractivity contribution is -0.384. The lowest BCUT2D eigenvalue weighted by Crippen LogP contribution is -2.23. The van der Waals surface area contributed by atoms with Crippen molar-refractivity contribution >= 4 is 39.1 Å². The van der Waals surface area contributed by atoms with Crippen LogP contribution in [0.4, 0.5) is 5.69 Å². The van der Waals surface area contributed by atoms with Crippen LogP contribution in [0.5, 0.6) is 0 Å². The Morgan fingerprint density at radius 3 is 2.88 bits per heavy atom. The third-order valence-corrected chi connectivity index (χ3v) is 4.51. The number of benzene rings is 1. The zero-order chi connectivity index (χ0) is 18.7. The molecule has 3 rings (SSSR count). The van der Waals surface area contributed by atoms with Gasteiger partial charge in [0.25, 0.3) is 5.69 Å². The summed E-state index contributed by atoms with van der Waals surface area (Å²) in [5.74, 6) is -1.31. The number of non-ortho nitro benzene ring substituents is 1. The minimum atomic E-state index is -0.677. The SMILES string of the molecule is COC(=O)Cn1c(=NC(=O)C2=COCCO2)sc2ccc([N+](=O)[O-])cc21. The number of esters is 1. The number of nitro groups is 1. The van der Waals surface area contributed by atoms with Crippen molar-refractivity contribution in [1.82, 2.24) is 4.57 Å². The Kier molecular flexibility index (Phi) is 4.98. The number of thiazole rings is 1. The number of nitrogens with zero attached hydrogens (tertiary/aromatic N) is 3. The standard InChI is InChI=1S/C15H13N3O7S/c1-23-13(19)7-17-10-6-9(18(21)22)2-3-12(10)26-15(17)16-14(20)11-8-24-4-5-25-11/h2-3,6,8H,4-5,7H2,1H3. The van der Waals surface area contributed by atoms with Crippen molar-refractivity contribution in [3.63, 3.8) is 0 Å². The van der Waals surface area contributed by atoms with Crippen LogP contribution in [0, 0.1) is 10.1 Å². The van der Waals surface area contributed by atoms with Crippen molar-refractivity contribution in [2.45, 2.75) is 6.54 Å². The number of fused-ring (bicyclic) bond motifs is 1. The minimum absolute atomic E-state index is 0.0516. The van der Waals surface area contributed by atoms with E-state index in [0.717, 1.165) is 11.3 Å². The van der Waals surface area contributed by atoms with Gasteiger partial charge < -0.3 is 18.8 Å². The maximum atomic E-state index is 12.3. The normalized spacial score (nSPS) is 14.3. The number of methoxy groups -OCH3 is 1. The molecule has 11 heteroatoms. The topological polar surface area (TPSA) is 122 Å². The summed E-state index contributed by atoms with van der Waals surface area (Å²) in [5.41, 5.74) is 0.259. The highest BCUT2D eigenvalue weighted by Crippen LogP contribution is 2.23. The summed E-state index contributed by atoms with van der Waals surface area (Å²) in [7, 11) is 1.22. The Morgan fingerprint density at radius 1 is 1.42 bits per heavy atom. The molecule has 0 saturated carbocycles. The van der Waals surface area contributed by atoms with Crippen LogP contribution in [0.2, 0.25) is 0 Å². The van der Waals surface area contributed by atoms with E-state index in [9.17, 15) is 19.7 Å². The maximum absolute atomic E-state index is 12.3. The summed E-state index contributed by atoms with van der Waals surface area (Å²) in [6.45, 7) is 0.319. The number of nitro benzene ring substituents is 1. The van der Waals surface area contributed by atoms with Crippen LogP contribution in [0.3, 0.4) is 0 Å². The van der Waals surface area contributed by atoms with E-state index >= 15 is 0 Å². The second-order valence-electron chi connectivity index (χ2n) is 5.07. The van der Waals surface area contributed by atoms with Gasteiger partial charge in [0.05, 0.1) is 22.2 Å². The fraction of sp³-hybridized carbons (Fsp3) is 0.267. The molecule has 0 bridgehead atoms. The van der Waals surface area contributed by atoms with Gasteiger partial charge in [-0.05, 0) is 6.07 Å². The molecule has 0 spiro atoms. The molecule has 0 unspecified atom stereocenters. The molecule has 1 aromatic carbocycles. The summed E-state index contributed by atoms with van der Waals surface area (Å²) < 4.78 is 16.9. The van der Waals surface area contributed by atoms with Crippen LogP contribution in [0.15, 0.2) is 35.2 Å². The molecule has 1 aliphatic heterocycles. The molecule has 26 heavy (non-hydrogen) atoms. The van der Waals surface area contributed by atoms with E-state index in [1.165, 1.54) is 36.1 Å². The molecule has 10 nitrogen and oxygen atoms in total. The largest absolute Gasteiger partial charge is 0.494 e. The monoisotopic (exact) mass is 379 g/mol. The first-order valence-corrected chi connectivity index (χ1v) is 8.19. The zero-order valence-electron chi connectivity index (χ0n) is 13.5. The van der Waals surface area contributed by atoms with Crippen molar-refractivity contribution < 1.29 is 28.7 Å². The van der Waals surface area contributed by atoms with Crippen LogP contribution in [-0.4, -0.2) is 41.7 Å². The Balaban J connectivity index is 2.13. The number of carbonyl (C=O) groups excluding carboxylic acids is 2. The zero-order valence-corrected chi connectivity index (χ0v) is 14.4. The molecule has 0 N–H and O–H groups in total. The molecular weight excluding hydrogens is 366 g/mol. The van der Waals surface area contributed by atoms with Gasteiger partial charge in [-0.2, -0.15) is 4.99 Å². The van der Waals surface area contributed by atoms with Gasteiger partial charge in [0, 0.05) is 12.1 Å². The van der Waals surface area contributed by atoms with Crippen LogP contribution in [0.25, 0.3) is 10.2 Å². The molecule has 0 radical (unpaired) electrons. The number of aromatic nitrogens is 1. The van der Waals surface area contributed by atoms with Crippen molar-refractivity contribution in [2.24, 2.45) is 4.99 Å². The molecule has 2 heterocycles. The highest BCUT2D eigenvalue weighted by Gasteiger charge is 2.18. The van der Waals surface area contributed by atoms with Gasteiger partial charge in [0.2, 0.25) is 5.76 Å². The molecule has 0 fully saturated rings. The average Bonchev–Trinajstić information content (AvgIpc) is 2.98. The summed E-state index contributed by atoms with van der Waals surface area (Å²) in [5, 5.41) is 11.0. The Bertz CT molecular complexity index is 989. The molecule has 0 aliphatic carbocycles. The minimum Gasteiger partial charge on any atom is -0.494 e. The van der Waals surface area contributed by atoms with Gasteiger partial charge in [0.1, 0.15) is 26.0 Å². The first-order valence-electron chi connectivity index (χ1n) is 7.38. The summed E-state index contributed by atoms with van der Waals surface area (Å²) in [4.78, 5) is 38.6. The van der Waals surface area contributed by atoms with E-state index in [4.69, 9.17) is 9.47 Å². The fourth-order valence-corrected chi connectivity index (χ4v) is 3.23. The molecule has 0 saturated heterocycles. The quantitative estimate of drug-likeness (QED) is 0.443. The lowest BCUT2D eigenvalue weighted by atomic mass is 10.3. The van der Waals surface area contributed by atoms with Crippen molar-refractivity contribution in [3.05, 3.63) is 45.1 Å². The molecule has 136 valence electrons. The van der Waals surface area contributed by atoms with Gasteiger partial charge in [-0.25, -0.2) is 0 Å². The Labute approximate surface area is 150 Å². The third-order valence-electron chi connectivity index (χ3n) is 3.45. The molecule has 1 amide bonds. The second-order valence-corrected chi connectivity index (χ2v) is 6.08. The van der Waals surface area contributed by atoms with Gasteiger partial charge >= 0.3 is 11.9 Å². The fourth-order valence-electron chi connectivity index (χ4n) is 2.23. The van der Waals surface area contributed by atoms with Gasteiger partial charge in [-0.3, -0.25) is 19.7 Å². The van der Waals surface area contributed by atoms with Gasteiger partial charge in [-0.1, -0.05) is 11.3 Å². The van der Waals surface area contributed by atoms with Crippen LogP contribution >= 0.6 is 11.3 Å². The number of hydrogen-bond donors (Lipinski definition) is 0. The van der Waals surface area contributed by atoms with Crippen LogP contribution in [-0.2, 0) is 30.3 Å². The Morgan fingerprint density at radius 2 is 2.23 bits per heavy atom. The van der Waals surface area contributed by atoms with Gasteiger partial charge in [-0.15, -0.1) is 0 Å². The predicted molar refractivity (Wildman–Crippen MR) is 89.0 cm³/mol. The second kappa shape index (κ2) is 7.35. The predicted octanol–water partition coefficient (Wildman–Crippen LogP) is 1.10. The lowest BCUT2D eigenvalue weighted by Gasteiger charge is -2.12. The number of hydrogen-bond acceptors (Lipinski definition) is 8. The van der Waals surface area contributed by atoms with Gasteiger partial charge in [0.15, 0.2) is 4.80 Å². The Hall–Kier alpha value is -3.21. The van der Waals surface area contributed by atoms with Crippen molar-refractivity contribution in [3.8, 4) is 0 Å². The first-order chi connectivity index (χ1) is 12.5. The van der Waals surface area contributed by atoms with E-state index in [2.05, 4.69) is 9.73 Å². The smallest absolute Gasteiger partial charge is 0.325 e. The third kappa shape index (κ3) is 3.57.